The first-order valence-corrected chi connectivity index (χ1v) is 11.8. The Bertz CT molecular complexity index is 1290. The van der Waals surface area contributed by atoms with Crippen LogP contribution >= 0.6 is 0 Å². The third-order valence-corrected chi connectivity index (χ3v) is 6.35. The molecule has 1 atom stereocenters. The second-order valence-electron chi connectivity index (χ2n) is 8.62. The topological polar surface area (TPSA) is 85.8 Å². The maximum Gasteiger partial charge on any atom is 0.332 e. The third-order valence-electron chi connectivity index (χ3n) is 6.35. The number of rotatable bonds is 7. The highest BCUT2D eigenvalue weighted by Gasteiger charge is 2.28. The van der Waals surface area contributed by atoms with Gasteiger partial charge in [-0.05, 0) is 49.3 Å². The molecule has 1 aliphatic rings. The number of ether oxygens (including phenoxy) is 1. The van der Waals surface area contributed by atoms with Crippen molar-refractivity contribution < 1.29 is 9.84 Å². The van der Waals surface area contributed by atoms with E-state index in [1.807, 2.05) is 42.5 Å². The van der Waals surface area contributed by atoms with E-state index in [9.17, 15) is 14.7 Å². The molecule has 0 radical (unpaired) electrons. The Hall–Kier alpha value is -3.45. The fraction of sp³-hybridized carbons (Fsp3) is 0.370. The van der Waals surface area contributed by atoms with Crippen molar-refractivity contribution >= 4 is 11.7 Å². The molecule has 0 saturated carbocycles. The van der Waals surface area contributed by atoms with Crippen LogP contribution in [0.4, 0.5) is 5.82 Å². The molecule has 0 saturated heterocycles. The van der Waals surface area contributed by atoms with E-state index >= 15 is 0 Å². The summed E-state index contributed by atoms with van der Waals surface area (Å²) in [5.74, 6) is 1.56. The first kappa shape index (κ1) is 23.7. The minimum atomic E-state index is -0.434. The van der Waals surface area contributed by atoms with Gasteiger partial charge in [0, 0.05) is 26.1 Å². The smallest absolute Gasteiger partial charge is 0.332 e. The largest absolute Gasteiger partial charge is 0.442 e. The molecule has 4 rings (SSSR count). The molecule has 1 unspecified atom stereocenters. The summed E-state index contributed by atoms with van der Waals surface area (Å²) in [6, 6.07) is 18.0. The summed E-state index contributed by atoms with van der Waals surface area (Å²) < 4.78 is 9.05. The molecule has 7 heteroatoms. The van der Waals surface area contributed by atoms with Crippen molar-refractivity contribution in [3.05, 3.63) is 92.1 Å². The molecule has 34 heavy (non-hydrogen) atoms. The van der Waals surface area contributed by atoms with E-state index in [4.69, 9.17) is 9.73 Å². The zero-order chi connectivity index (χ0) is 24.1. The van der Waals surface area contributed by atoms with Crippen molar-refractivity contribution in [1.29, 1.82) is 0 Å². The quantitative estimate of drug-likeness (QED) is 0.584. The molecule has 0 amide bonds. The maximum absolute atomic E-state index is 13.2. The second kappa shape index (κ2) is 10.7. The van der Waals surface area contributed by atoms with Crippen LogP contribution in [0.15, 0.2) is 69.2 Å². The molecule has 0 fully saturated rings. The number of benzene rings is 2. The van der Waals surface area contributed by atoms with Crippen molar-refractivity contribution in [2.24, 2.45) is 18.0 Å². The van der Waals surface area contributed by atoms with Crippen molar-refractivity contribution in [3.8, 4) is 5.75 Å². The lowest BCUT2D eigenvalue weighted by Gasteiger charge is -2.19. The maximum atomic E-state index is 13.2. The van der Waals surface area contributed by atoms with Crippen molar-refractivity contribution in [1.82, 2.24) is 9.13 Å². The number of hydrogen-bond donors (Lipinski definition) is 1. The minimum Gasteiger partial charge on any atom is -0.442 e. The van der Waals surface area contributed by atoms with Gasteiger partial charge < -0.3 is 9.84 Å². The number of para-hydroxylation sites is 1. The number of hydrogen-bond acceptors (Lipinski definition) is 5. The van der Waals surface area contributed by atoms with Crippen LogP contribution in [0, 0.1) is 5.92 Å². The summed E-state index contributed by atoms with van der Waals surface area (Å²) in [6.07, 6.45) is 3.04. The van der Waals surface area contributed by atoms with Gasteiger partial charge in [0.15, 0.2) is 5.90 Å². The van der Waals surface area contributed by atoms with Crippen LogP contribution in [-0.4, -0.2) is 26.7 Å². The van der Waals surface area contributed by atoms with Gasteiger partial charge in [0.25, 0.3) is 5.56 Å². The van der Waals surface area contributed by atoms with Gasteiger partial charge in [0.05, 0.1) is 5.56 Å². The van der Waals surface area contributed by atoms with Crippen LogP contribution in [0.5, 0.6) is 5.75 Å². The molecule has 0 spiro atoms. The summed E-state index contributed by atoms with van der Waals surface area (Å²) in [6.45, 7) is 2.17. The fourth-order valence-electron chi connectivity index (χ4n) is 4.45. The fourth-order valence-corrected chi connectivity index (χ4v) is 4.45. The predicted octanol–water partition coefficient (Wildman–Crippen LogP) is 3.41. The van der Waals surface area contributed by atoms with E-state index in [1.165, 1.54) is 9.13 Å². The molecule has 1 aliphatic heterocycles. The van der Waals surface area contributed by atoms with Gasteiger partial charge in [0.1, 0.15) is 11.6 Å². The molecule has 0 aliphatic carbocycles. The Balaban J connectivity index is 1.82. The van der Waals surface area contributed by atoms with Crippen LogP contribution in [-0.2, 0) is 32.9 Å². The second-order valence-corrected chi connectivity index (χ2v) is 8.62. The van der Waals surface area contributed by atoms with Gasteiger partial charge in [-0.25, -0.2) is 4.79 Å². The Kier molecular flexibility index (Phi) is 7.43. The Morgan fingerprint density at radius 2 is 1.82 bits per heavy atom. The minimum absolute atomic E-state index is 0.0555. The number of nitrogens with zero attached hydrogens (tertiary/aromatic N) is 3. The molecule has 178 valence electrons. The van der Waals surface area contributed by atoms with Crippen LogP contribution in [0.25, 0.3) is 0 Å². The third kappa shape index (κ3) is 4.89. The van der Waals surface area contributed by atoms with Crippen molar-refractivity contribution in [2.75, 3.05) is 6.61 Å². The monoisotopic (exact) mass is 461 g/mol. The average molecular weight is 462 g/mol. The molecule has 7 nitrogen and oxygen atoms in total. The summed E-state index contributed by atoms with van der Waals surface area (Å²) >= 11 is 0. The molecule has 1 N–H and O–H groups in total. The Morgan fingerprint density at radius 3 is 2.56 bits per heavy atom. The number of aromatic nitrogens is 2. The highest BCUT2D eigenvalue weighted by atomic mass is 16.5. The van der Waals surface area contributed by atoms with E-state index < -0.39 is 5.69 Å². The van der Waals surface area contributed by atoms with E-state index in [0.29, 0.717) is 43.0 Å². The molecular weight excluding hydrogens is 430 g/mol. The highest BCUT2D eigenvalue weighted by molar-refractivity contribution is 5.85. The van der Waals surface area contributed by atoms with Gasteiger partial charge in [-0.15, -0.1) is 0 Å². The molecule has 2 aromatic carbocycles. The lowest BCUT2D eigenvalue weighted by molar-refractivity contribution is 0.277. The van der Waals surface area contributed by atoms with Crippen molar-refractivity contribution in [2.45, 2.75) is 45.6 Å². The van der Waals surface area contributed by atoms with Gasteiger partial charge >= 0.3 is 5.69 Å². The van der Waals surface area contributed by atoms with Crippen molar-refractivity contribution in [3.63, 3.8) is 0 Å². The first-order valence-electron chi connectivity index (χ1n) is 11.8. The number of aliphatic imine (C=N–C) groups is 1. The first-order chi connectivity index (χ1) is 16.5. The zero-order valence-electron chi connectivity index (χ0n) is 19.7. The lowest BCUT2D eigenvalue weighted by Crippen LogP contribution is -2.41. The van der Waals surface area contributed by atoms with E-state index in [0.717, 1.165) is 23.3 Å². The molecule has 3 aromatic rings. The van der Waals surface area contributed by atoms with Crippen LogP contribution in [0.1, 0.15) is 36.5 Å². The number of aliphatic hydroxyl groups excluding tert-OH is 1. The van der Waals surface area contributed by atoms with E-state index in [2.05, 4.69) is 19.1 Å². The lowest BCUT2D eigenvalue weighted by atomic mass is 9.93. The predicted molar refractivity (Wildman–Crippen MR) is 133 cm³/mol. The molecule has 1 aromatic heterocycles. The Morgan fingerprint density at radius 1 is 1.09 bits per heavy atom. The summed E-state index contributed by atoms with van der Waals surface area (Å²) in [7, 11) is 1.63. The zero-order valence-corrected chi connectivity index (χ0v) is 19.7. The molecular formula is C27H31N3O4. The summed E-state index contributed by atoms with van der Waals surface area (Å²) in [5.41, 5.74) is 1.98. The Labute approximate surface area is 199 Å². The van der Waals surface area contributed by atoms with Gasteiger partial charge in [-0.3, -0.25) is 13.9 Å². The number of fused-ring (bicyclic) bond motifs is 1. The molecule has 0 bridgehead atoms. The molecule has 2 heterocycles. The SMILES string of the molecule is CCc1ccccc1OC1=Nc2c(c(=O)n(CCCO)c(=O)n2C)CCC1Cc1ccccc1. The van der Waals surface area contributed by atoms with Gasteiger partial charge in [0.2, 0.25) is 0 Å². The normalized spacial score (nSPS) is 15.4. The number of aliphatic hydroxyl groups is 1. The summed E-state index contributed by atoms with van der Waals surface area (Å²) in [5, 5.41) is 9.19. The van der Waals surface area contributed by atoms with Crippen LogP contribution in [0.2, 0.25) is 0 Å². The summed E-state index contributed by atoms with van der Waals surface area (Å²) in [4.78, 5) is 31.0. The highest BCUT2D eigenvalue weighted by Crippen LogP contribution is 2.29. The standard InChI is InChI=1S/C27H31N3O4/c1-3-20-12-7-8-13-23(20)34-25-21(18-19-10-5-4-6-11-19)14-15-22-24(28-25)29(2)27(33)30(26(22)32)16-9-17-31/h4-8,10-13,21,31H,3,9,14-18H2,1-2H3. The van der Waals surface area contributed by atoms with Crippen LogP contribution < -0.4 is 16.0 Å². The van der Waals surface area contributed by atoms with E-state index in [1.54, 1.807) is 7.05 Å². The number of aryl methyl sites for hydroxylation is 1. The van der Waals surface area contributed by atoms with E-state index in [-0.39, 0.29) is 24.6 Å². The van der Waals surface area contributed by atoms with Crippen LogP contribution in [0.3, 0.4) is 0 Å². The van der Waals surface area contributed by atoms with Gasteiger partial charge in [-0.2, -0.15) is 4.99 Å². The van der Waals surface area contributed by atoms with Gasteiger partial charge in [-0.1, -0.05) is 55.5 Å². The average Bonchev–Trinajstić information content (AvgIpc) is 3.03.